The third kappa shape index (κ3) is 4.56. The van der Waals surface area contributed by atoms with Crippen molar-refractivity contribution < 1.29 is 4.79 Å². The average Bonchev–Trinajstić information content (AvgIpc) is 3.22. The molecule has 0 saturated carbocycles. The number of amides is 1. The van der Waals surface area contributed by atoms with Crippen LogP contribution in [0, 0.1) is 6.92 Å². The Kier molecular flexibility index (Phi) is 6.63. The van der Waals surface area contributed by atoms with E-state index in [1.807, 2.05) is 17.5 Å². The third-order valence-corrected chi connectivity index (χ3v) is 5.11. The molecule has 1 N–H and O–H groups in total. The Morgan fingerprint density at radius 1 is 1.22 bits per heavy atom. The maximum absolute atomic E-state index is 12.2. The van der Waals surface area contributed by atoms with Crippen LogP contribution >= 0.6 is 23.7 Å². The number of hydrogen-bond acceptors (Lipinski definition) is 3. The summed E-state index contributed by atoms with van der Waals surface area (Å²) in [5, 5.41) is 5.04. The van der Waals surface area contributed by atoms with Crippen LogP contribution in [0.1, 0.15) is 39.7 Å². The number of aryl methyl sites for hydroxylation is 1. The normalized spacial score (nSPS) is 15.9. The summed E-state index contributed by atoms with van der Waals surface area (Å²) in [7, 11) is 0. The van der Waals surface area contributed by atoms with Crippen LogP contribution < -0.4 is 5.32 Å². The van der Waals surface area contributed by atoms with Gasteiger partial charge in [-0.15, -0.1) is 23.7 Å². The number of thiophene rings is 1. The van der Waals surface area contributed by atoms with Gasteiger partial charge in [0.1, 0.15) is 0 Å². The van der Waals surface area contributed by atoms with Crippen molar-refractivity contribution in [2.75, 3.05) is 19.6 Å². The number of halogens is 1. The molecule has 0 aliphatic carbocycles. The van der Waals surface area contributed by atoms with E-state index < -0.39 is 0 Å². The zero-order valence-electron chi connectivity index (χ0n) is 13.3. The van der Waals surface area contributed by atoms with Crippen molar-refractivity contribution in [2.24, 2.45) is 0 Å². The smallest absolute Gasteiger partial charge is 0.261 e. The van der Waals surface area contributed by atoms with Crippen LogP contribution in [0.25, 0.3) is 0 Å². The Morgan fingerprint density at radius 3 is 2.52 bits per heavy atom. The molecule has 1 aliphatic rings. The summed E-state index contributed by atoms with van der Waals surface area (Å²) in [5.74, 6) is 0.0336. The molecule has 3 nitrogen and oxygen atoms in total. The molecule has 1 fully saturated rings. The number of carbonyl (C=O) groups excluding carboxylic acids is 1. The molecule has 2 aromatic rings. The molecule has 1 atom stereocenters. The molecule has 1 aromatic carbocycles. The molecule has 0 spiro atoms. The Morgan fingerprint density at radius 2 is 1.91 bits per heavy atom. The molecule has 0 bridgehead atoms. The predicted molar refractivity (Wildman–Crippen MR) is 98.6 cm³/mol. The van der Waals surface area contributed by atoms with Crippen molar-refractivity contribution in [3.63, 3.8) is 0 Å². The lowest BCUT2D eigenvalue weighted by atomic mass is 10.0. The lowest BCUT2D eigenvalue weighted by Gasteiger charge is -2.28. The number of nitrogens with one attached hydrogen (secondary N) is 1. The van der Waals surface area contributed by atoms with Crippen molar-refractivity contribution in [2.45, 2.75) is 25.8 Å². The van der Waals surface area contributed by atoms with Gasteiger partial charge in [0.2, 0.25) is 0 Å². The van der Waals surface area contributed by atoms with Crippen LogP contribution in [0.2, 0.25) is 0 Å². The Labute approximate surface area is 148 Å². The summed E-state index contributed by atoms with van der Waals surface area (Å²) in [6.45, 7) is 5.01. The van der Waals surface area contributed by atoms with Gasteiger partial charge in [-0.2, -0.15) is 0 Å². The van der Waals surface area contributed by atoms with Gasteiger partial charge in [0.05, 0.1) is 10.9 Å². The van der Waals surface area contributed by atoms with Gasteiger partial charge in [0.25, 0.3) is 5.91 Å². The molecule has 5 heteroatoms. The first-order valence-corrected chi connectivity index (χ1v) is 8.74. The summed E-state index contributed by atoms with van der Waals surface area (Å²) in [6.07, 6.45) is 2.50. The zero-order valence-corrected chi connectivity index (χ0v) is 15.0. The van der Waals surface area contributed by atoms with Gasteiger partial charge in [0, 0.05) is 6.54 Å². The highest BCUT2D eigenvalue weighted by Crippen LogP contribution is 2.25. The van der Waals surface area contributed by atoms with Gasteiger partial charge in [-0.25, -0.2) is 0 Å². The summed E-state index contributed by atoms with van der Waals surface area (Å²) < 4.78 is 0. The first-order chi connectivity index (χ1) is 10.7. The number of rotatable bonds is 5. The molecule has 1 unspecified atom stereocenters. The molecule has 1 saturated heterocycles. The quantitative estimate of drug-likeness (QED) is 0.882. The predicted octanol–water partition coefficient (Wildman–Crippen LogP) is 4.05. The van der Waals surface area contributed by atoms with E-state index in [9.17, 15) is 4.79 Å². The van der Waals surface area contributed by atoms with Gasteiger partial charge in [-0.3, -0.25) is 9.69 Å². The SMILES string of the molecule is Cc1ccc(C(CNC(=O)c2cccs2)N2CCCC2)cc1.Cl. The lowest BCUT2D eigenvalue weighted by Crippen LogP contribution is -2.36. The minimum Gasteiger partial charge on any atom is -0.349 e. The number of carbonyl (C=O) groups is 1. The van der Waals surface area contributed by atoms with Crippen LogP contribution in [0.5, 0.6) is 0 Å². The molecular formula is C18H23ClN2OS. The second-order valence-corrected chi connectivity index (χ2v) is 6.80. The fourth-order valence-electron chi connectivity index (χ4n) is 2.98. The molecule has 1 aromatic heterocycles. The molecule has 1 aliphatic heterocycles. The summed E-state index contributed by atoms with van der Waals surface area (Å²) in [6, 6.07) is 12.7. The second kappa shape index (κ2) is 8.48. The maximum atomic E-state index is 12.2. The van der Waals surface area contributed by atoms with E-state index in [-0.39, 0.29) is 24.4 Å². The Balaban J connectivity index is 0.00000192. The zero-order chi connectivity index (χ0) is 15.4. The summed E-state index contributed by atoms with van der Waals surface area (Å²) >= 11 is 1.49. The molecule has 1 amide bonds. The standard InChI is InChI=1S/C18H22N2OS.ClH/c1-14-6-8-15(9-7-14)16(20-10-2-3-11-20)13-19-18(21)17-5-4-12-22-17;/h4-9,12,16H,2-3,10-11,13H2,1H3,(H,19,21);1H. The van der Waals surface area contributed by atoms with Crippen LogP contribution in [-0.4, -0.2) is 30.4 Å². The van der Waals surface area contributed by atoms with E-state index in [1.54, 1.807) is 0 Å². The molecule has 3 rings (SSSR count). The minimum atomic E-state index is 0. The van der Waals surface area contributed by atoms with E-state index in [2.05, 4.69) is 41.4 Å². The van der Waals surface area contributed by atoms with E-state index in [0.717, 1.165) is 18.0 Å². The van der Waals surface area contributed by atoms with Gasteiger partial charge < -0.3 is 5.32 Å². The fraction of sp³-hybridized carbons (Fsp3) is 0.389. The topological polar surface area (TPSA) is 32.3 Å². The maximum Gasteiger partial charge on any atom is 0.261 e. The fourth-order valence-corrected chi connectivity index (χ4v) is 3.62. The van der Waals surface area contributed by atoms with E-state index >= 15 is 0 Å². The van der Waals surface area contributed by atoms with Gasteiger partial charge in [-0.05, 0) is 49.9 Å². The van der Waals surface area contributed by atoms with Gasteiger partial charge in [-0.1, -0.05) is 35.9 Å². The molecule has 23 heavy (non-hydrogen) atoms. The first kappa shape index (κ1) is 18.0. The summed E-state index contributed by atoms with van der Waals surface area (Å²) in [5.41, 5.74) is 2.56. The minimum absolute atomic E-state index is 0. The van der Waals surface area contributed by atoms with Crippen LogP contribution in [0.3, 0.4) is 0 Å². The largest absolute Gasteiger partial charge is 0.349 e. The second-order valence-electron chi connectivity index (χ2n) is 5.86. The number of nitrogens with zero attached hydrogens (tertiary/aromatic N) is 1. The first-order valence-electron chi connectivity index (χ1n) is 7.86. The number of benzene rings is 1. The highest BCUT2D eigenvalue weighted by molar-refractivity contribution is 7.12. The molecule has 0 radical (unpaired) electrons. The van der Waals surface area contributed by atoms with Crippen LogP contribution in [-0.2, 0) is 0 Å². The van der Waals surface area contributed by atoms with Crippen molar-refractivity contribution in [1.29, 1.82) is 0 Å². The van der Waals surface area contributed by atoms with Crippen LogP contribution in [0.15, 0.2) is 41.8 Å². The van der Waals surface area contributed by atoms with E-state index in [1.165, 1.54) is 35.3 Å². The third-order valence-electron chi connectivity index (χ3n) is 4.24. The molecular weight excluding hydrogens is 328 g/mol. The average molecular weight is 351 g/mol. The Bertz CT molecular complexity index is 606. The number of hydrogen-bond donors (Lipinski definition) is 1. The number of likely N-dealkylation sites (tertiary alicyclic amines) is 1. The van der Waals surface area contributed by atoms with E-state index in [0.29, 0.717) is 6.54 Å². The summed E-state index contributed by atoms with van der Waals surface area (Å²) in [4.78, 5) is 15.5. The molecule has 124 valence electrons. The Hall–Kier alpha value is -1.36. The van der Waals surface area contributed by atoms with Crippen molar-refractivity contribution >= 4 is 29.7 Å². The highest BCUT2D eigenvalue weighted by atomic mass is 35.5. The highest BCUT2D eigenvalue weighted by Gasteiger charge is 2.24. The van der Waals surface area contributed by atoms with E-state index in [4.69, 9.17) is 0 Å². The lowest BCUT2D eigenvalue weighted by molar-refractivity contribution is 0.0942. The van der Waals surface area contributed by atoms with Crippen LogP contribution in [0.4, 0.5) is 0 Å². The van der Waals surface area contributed by atoms with Gasteiger partial charge >= 0.3 is 0 Å². The monoisotopic (exact) mass is 350 g/mol. The van der Waals surface area contributed by atoms with Gasteiger partial charge in [0.15, 0.2) is 0 Å². The molecule has 2 heterocycles. The van der Waals surface area contributed by atoms with Crippen molar-refractivity contribution in [3.8, 4) is 0 Å². The van der Waals surface area contributed by atoms with Crippen molar-refractivity contribution in [1.82, 2.24) is 10.2 Å². The van der Waals surface area contributed by atoms with Crippen molar-refractivity contribution in [3.05, 3.63) is 57.8 Å².